The van der Waals surface area contributed by atoms with Crippen LogP contribution >= 0.6 is 23.2 Å². The highest BCUT2D eigenvalue weighted by Crippen LogP contribution is 2.33. The molecule has 0 unspecified atom stereocenters. The molecule has 0 saturated heterocycles. The Balaban J connectivity index is 1.43. The fraction of sp³-hybridized carbons (Fsp3) is 0.214. The molecule has 1 N–H and O–H groups in total. The Morgan fingerprint density at radius 1 is 0.975 bits per heavy atom. The molecule has 5 aromatic rings. The van der Waals surface area contributed by atoms with E-state index >= 15 is 0 Å². The second-order valence-corrected chi connectivity index (χ2v) is 10.4. The molecule has 0 fully saturated rings. The Labute approximate surface area is 237 Å². The summed E-state index contributed by atoms with van der Waals surface area (Å²) in [6.45, 7) is 6.23. The number of carbonyl (C=O) groups is 1. The first-order chi connectivity index (χ1) is 18.9. The number of amides is 1. The van der Waals surface area contributed by atoms with Gasteiger partial charge in [-0.05, 0) is 42.2 Å². The number of halogens is 5. The third kappa shape index (κ3) is 5.68. The number of nitrogens with zero attached hydrogens (tertiary/aromatic N) is 5. The van der Waals surface area contributed by atoms with Crippen LogP contribution in [-0.4, -0.2) is 30.3 Å². The van der Waals surface area contributed by atoms with E-state index in [9.17, 15) is 18.0 Å². The van der Waals surface area contributed by atoms with Crippen molar-refractivity contribution in [3.05, 3.63) is 98.9 Å². The van der Waals surface area contributed by atoms with Crippen LogP contribution in [0.25, 0.3) is 16.9 Å². The lowest BCUT2D eigenvalue weighted by Gasteiger charge is -2.11. The Morgan fingerprint density at radius 2 is 1.70 bits per heavy atom. The normalized spacial score (nSPS) is 11.9. The number of aryl methyl sites for hydroxylation is 1. The van der Waals surface area contributed by atoms with Crippen LogP contribution in [0.15, 0.2) is 60.7 Å². The molecule has 0 atom stereocenters. The highest BCUT2D eigenvalue weighted by Gasteiger charge is 2.35. The fourth-order valence-corrected chi connectivity index (χ4v) is 4.52. The zero-order valence-corrected chi connectivity index (χ0v) is 23.1. The zero-order chi connectivity index (χ0) is 28.8. The van der Waals surface area contributed by atoms with Gasteiger partial charge in [0.1, 0.15) is 0 Å². The molecule has 0 bridgehead atoms. The maximum Gasteiger partial charge on any atom is 0.433 e. The Hall–Kier alpha value is -3.89. The number of nitrogens with one attached hydrogen (secondary N) is 1. The average molecular weight is 587 g/mol. The van der Waals surface area contributed by atoms with Crippen LogP contribution in [0.4, 0.5) is 19.0 Å². The lowest BCUT2D eigenvalue weighted by molar-refractivity contribution is -0.142. The van der Waals surface area contributed by atoms with E-state index in [1.54, 1.807) is 41.9 Å². The quantitative estimate of drug-likeness (QED) is 0.221. The predicted octanol–water partition coefficient (Wildman–Crippen LogP) is 7.65. The van der Waals surface area contributed by atoms with Gasteiger partial charge in [0.05, 0.1) is 22.3 Å². The summed E-state index contributed by atoms with van der Waals surface area (Å²) in [6.07, 6.45) is -4.73. The van der Waals surface area contributed by atoms with Gasteiger partial charge >= 0.3 is 6.18 Å². The van der Waals surface area contributed by atoms with Crippen molar-refractivity contribution in [1.29, 1.82) is 0 Å². The van der Waals surface area contributed by atoms with Crippen molar-refractivity contribution in [1.82, 2.24) is 24.4 Å². The Bertz CT molecular complexity index is 1720. The van der Waals surface area contributed by atoms with Crippen molar-refractivity contribution in [3.63, 3.8) is 0 Å². The average Bonchev–Trinajstić information content (AvgIpc) is 3.48. The van der Waals surface area contributed by atoms with E-state index in [0.29, 0.717) is 26.7 Å². The molecule has 0 radical (unpaired) electrons. The standard InChI is InChI=1S/C28H23Cl2F3N6O/c1-15(2)18-5-7-19(8-6-18)22-12-24(28(31,32)33)39-26(34-22)13-23(36-39)27(40)35-25-10-16(3)38(37-25)14-17-4-9-20(29)21(30)11-17/h4-13,15H,14H2,1-3H3,(H,35,37,40). The topological polar surface area (TPSA) is 77.1 Å². The smallest absolute Gasteiger partial charge is 0.304 e. The van der Waals surface area contributed by atoms with Crippen LogP contribution in [0.2, 0.25) is 10.0 Å². The molecule has 0 saturated carbocycles. The van der Waals surface area contributed by atoms with Crippen LogP contribution in [0, 0.1) is 6.92 Å². The Morgan fingerprint density at radius 3 is 2.35 bits per heavy atom. The SMILES string of the molecule is Cc1cc(NC(=O)c2cc3nc(-c4ccc(C(C)C)cc4)cc(C(F)(F)F)n3n2)nn1Cc1ccc(Cl)c(Cl)c1. The van der Waals surface area contributed by atoms with Crippen molar-refractivity contribution in [2.24, 2.45) is 0 Å². The molecule has 7 nitrogen and oxygen atoms in total. The summed E-state index contributed by atoms with van der Waals surface area (Å²) in [5.41, 5.74) is 1.90. The van der Waals surface area contributed by atoms with Crippen molar-refractivity contribution in [2.75, 3.05) is 5.32 Å². The molecular formula is C28H23Cl2F3N6O. The van der Waals surface area contributed by atoms with Gasteiger partial charge in [-0.3, -0.25) is 9.48 Å². The summed E-state index contributed by atoms with van der Waals surface area (Å²) < 4.78 is 44.3. The van der Waals surface area contributed by atoms with Crippen LogP contribution in [-0.2, 0) is 12.7 Å². The number of hydrogen-bond donors (Lipinski definition) is 1. The summed E-state index contributed by atoms with van der Waals surface area (Å²) in [6, 6.07) is 16.2. The van der Waals surface area contributed by atoms with Crippen molar-refractivity contribution in [3.8, 4) is 11.3 Å². The van der Waals surface area contributed by atoms with Gasteiger partial charge in [0.25, 0.3) is 5.91 Å². The Kier molecular flexibility index (Phi) is 7.32. The van der Waals surface area contributed by atoms with E-state index in [-0.39, 0.29) is 28.8 Å². The lowest BCUT2D eigenvalue weighted by Crippen LogP contribution is -2.16. The van der Waals surface area contributed by atoms with Gasteiger partial charge in [-0.1, -0.05) is 67.4 Å². The van der Waals surface area contributed by atoms with Gasteiger partial charge < -0.3 is 5.32 Å². The maximum atomic E-state index is 14.0. The molecule has 0 aliphatic heterocycles. The molecule has 3 heterocycles. The molecule has 0 aliphatic rings. The molecule has 3 aromatic heterocycles. The van der Waals surface area contributed by atoms with Crippen LogP contribution in [0.5, 0.6) is 0 Å². The van der Waals surface area contributed by atoms with E-state index in [4.69, 9.17) is 23.2 Å². The van der Waals surface area contributed by atoms with E-state index in [2.05, 4.69) is 20.5 Å². The zero-order valence-electron chi connectivity index (χ0n) is 21.6. The molecule has 12 heteroatoms. The lowest BCUT2D eigenvalue weighted by atomic mass is 10.0. The van der Waals surface area contributed by atoms with Gasteiger partial charge in [-0.2, -0.15) is 23.4 Å². The van der Waals surface area contributed by atoms with Gasteiger partial charge in [-0.25, -0.2) is 9.50 Å². The summed E-state index contributed by atoms with van der Waals surface area (Å²) in [4.78, 5) is 17.3. The molecule has 5 rings (SSSR count). The van der Waals surface area contributed by atoms with Crippen molar-refractivity contribution in [2.45, 2.75) is 39.4 Å². The number of aromatic nitrogens is 5. The van der Waals surface area contributed by atoms with E-state index in [1.807, 2.05) is 32.0 Å². The summed E-state index contributed by atoms with van der Waals surface area (Å²) >= 11 is 12.1. The van der Waals surface area contributed by atoms with Gasteiger partial charge in [-0.15, -0.1) is 0 Å². The molecule has 0 aliphatic carbocycles. The minimum Gasteiger partial charge on any atom is -0.304 e. The van der Waals surface area contributed by atoms with Crippen LogP contribution < -0.4 is 5.32 Å². The highest BCUT2D eigenvalue weighted by molar-refractivity contribution is 6.42. The fourth-order valence-electron chi connectivity index (χ4n) is 4.20. The van der Waals surface area contributed by atoms with E-state index in [0.717, 1.165) is 22.9 Å². The molecule has 206 valence electrons. The van der Waals surface area contributed by atoms with Gasteiger partial charge in [0.2, 0.25) is 0 Å². The maximum absolute atomic E-state index is 14.0. The number of benzene rings is 2. The molecule has 40 heavy (non-hydrogen) atoms. The van der Waals surface area contributed by atoms with Crippen molar-refractivity contribution >= 4 is 40.6 Å². The number of alkyl halides is 3. The largest absolute Gasteiger partial charge is 0.433 e. The predicted molar refractivity (Wildman–Crippen MR) is 148 cm³/mol. The number of fused-ring (bicyclic) bond motifs is 1. The highest BCUT2D eigenvalue weighted by atomic mass is 35.5. The summed E-state index contributed by atoms with van der Waals surface area (Å²) in [5, 5.41) is 11.8. The molecular weight excluding hydrogens is 564 g/mol. The van der Waals surface area contributed by atoms with Crippen molar-refractivity contribution < 1.29 is 18.0 Å². The third-order valence-electron chi connectivity index (χ3n) is 6.36. The van der Waals surface area contributed by atoms with Crippen LogP contribution in [0.3, 0.4) is 0 Å². The second-order valence-electron chi connectivity index (χ2n) is 9.63. The first kappa shape index (κ1) is 27.7. The number of rotatable bonds is 6. The first-order valence-electron chi connectivity index (χ1n) is 12.3. The summed E-state index contributed by atoms with van der Waals surface area (Å²) in [5.74, 6) is -0.229. The molecule has 1 amide bonds. The van der Waals surface area contributed by atoms with Gasteiger partial charge in [0, 0.05) is 23.4 Å². The van der Waals surface area contributed by atoms with Crippen LogP contribution in [0.1, 0.15) is 52.8 Å². The number of carbonyl (C=O) groups excluding carboxylic acids is 1. The first-order valence-corrected chi connectivity index (χ1v) is 13.0. The monoisotopic (exact) mass is 586 g/mol. The van der Waals surface area contributed by atoms with E-state index < -0.39 is 17.8 Å². The van der Waals surface area contributed by atoms with E-state index in [1.165, 1.54) is 6.07 Å². The summed E-state index contributed by atoms with van der Waals surface area (Å²) in [7, 11) is 0. The molecule has 2 aromatic carbocycles. The number of anilines is 1. The second kappa shape index (κ2) is 10.6. The molecule has 0 spiro atoms. The minimum absolute atomic E-state index is 0.107. The minimum atomic E-state index is -4.73. The van der Waals surface area contributed by atoms with Gasteiger partial charge in [0.15, 0.2) is 22.9 Å². The number of hydrogen-bond acceptors (Lipinski definition) is 4. The third-order valence-corrected chi connectivity index (χ3v) is 7.10.